The Balaban J connectivity index is 0.762. The average molecular weight is 778 g/mol. The fraction of sp³-hybridized carbons (Fsp3) is 0.512. The zero-order chi connectivity index (χ0) is 38.8. The number of likely N-dealkylation sites (tertiary alicyclic amines) is 1. The highest BCUT2D eigenvalue weighted by Gasteiger charge is 2.44. The number of rotatable bonds is 8. The van der Waals surface area contributed by atoms with Gasteiger partial charge in [-0.15, -0.1) is 0 Å². The van der Waals surface area contributed by atoms with E-state index < -0.39 is 6.04 Å². The van der Waals surface area contributed by atoms with Crippen LogP contribution in [-0.2, 0) is 9.59 Å². The van der Waals surface area contributed by atoms with Gasteiger partial charge in [0.05, 0.1) is 16.1 Å². The number of amides is 3. The number of carbonyl (C=O) groups excluding carboxylic acids is 3. The number of pyridine rings is 1. The molecule has 0 bridgehead atoms. The molecule has 3 aromatic rings. The molecule has 1 unspecified atom stereocenters. The summed E-state index contributed by atoms with van der Waals surface area (Å²) in [5.41, 5.74) is 4.54. The van der Waals surface area contributed by atoms with Crippen molar-refractivity contribution in [2.45, 2.75) is 64.0 Å². The number of piperidine rings is 3. The Morgan fingerprint density at radius 2 is 1.73 bits per heavy atom. The maximum atomic E-state index is 13.5. The quantitative estimate of drug-likeness (QED) is 0.288. The second-order valence-electron chi connectivity index (χ2n) is 16.6. The number of hydrogen-bond acceptors (Lipinski definition) is 10. The van der Waals surface area contributed by atoms with Gasteiger partial charge < -0.3 is 24.9 Å². The summed E-state index contributed by atoms with van der Waals surface area (Å²) in [4.78, 5) is 53.8. The van der Waals surface area contributed by atoms with E-state index in [1.165, 1.54) is 0 Å². The number of anilines is 4. The molecule has 0 aliphatic carbocycles. The number of carbonyl (C=O) groups is 3. The number of aromatic nitrogens is 1. The SMILES string of the molecule is C[C@@H]1CC2(CCN(c3ccc(C(=O)N4CCC(CN5CCN(c6cccc(NC7CCC(=O)NC7=O)c6)CC5)CC4)cn3)CC2)CN1c1ccc(C#N)c(Cl)c1. The molecule has 3 amide bonds. The van der Waals surface area contributed by atoms with Gasteiger partial charge in [-0.1, -0.05) is 17.7 Å². The summed E-state index contributed by atoms with van der Waals surface area (Å²) in [6.45, 7) is 11.6. The summed E-state index contributed by atoms with van der Waals surface area (Å²) >= 11 is 6.38. The van der Waals surface area contributed by atoms with Gasteiger partial charge in [0.2, 0.25) is 11.8 Å². The van der Waals surface area contributed by atoms with Crippen LogP contribution in [0.1, 0.15) is 67.8 Å². The number of nitrogens with zero attached hydrogens (tertiary/aromatic N) is 7. The Labute approximate surface area is 334 Å². The molecule has 0 saturated carbocycles. The van der Waals surface area contributed by atoms with Crippen molar-refractivity contribution in [3.8, 4) is 6.07 Å². The van der Waals surface area contributed by atoms with Gasteiger partial charge >= 0.3 is 0 Å². The van der Waals surface area contributed by atoms with Crippen molar-refractivity contribution in [1.29, 1.82) is 5.26 Å². The Kier molecular flexibility index (Phi) is 11.1. The van der Waals surface area contributed by atoms with Crippen LogP contribution in [0.3, 0.4) is 0 Å². The number of imide groups is 1. The third-order valence-corrected chi connectivity index (χ3v) is 13.2. The van der Waals surface area contributed by atoms with E-state index >= 15 is 0 Å². The number of halogens is 1. The number of benzene rings is 2. The number of hydrogen-bond donors (Lipinski definition) is 2. The molecule has 5 aliphatic rings. The van der Waals surface area contributed by atoms with E-state index in [4.69, 9.17) is 16.6 Å². The van der Waals surface area contributed by atoms with Crippen LogP contribution in [0.5, 0.6) is 0 Å². The first-order chi connectivity index (χ1) is 27.1. The van der Waals surface area contributed by atoms with Crippen LogP contribution in [0.25, 0.3) is 0 Å². The van der Waals surface area contributed by atoms with Crippen molar-refractivity contribution in [3.05, 3.63) is 76.9 Å². The van der Waals surface area contributed by atoms with Crippen molar-refractivity contribution in [3.63, 3.8) is 0 Å². The van der Waals surface area contributed by atoms with E-state index in [-0.39, 0.29) is 23.1 Å². The number of nitrogens with one attached hydrogen (secondary N) is 2. The van der Waals surface area contributed by atoms with Crippen molar-refractivity contribution in [2.75, 3.05) is 85.5 Å². The minimum Gasteiger partial charge on any atom is -0.374 e. The lowest BCUT2D eigenvalue weighted by molar-refractivity contribution is -0.133. The van der Waals surface area contributed by atoms with Crippen molar-refractivity contribution in [1.82, 2.24) is 20.1 Å². The molecular weight excluding hydrogens is 726 g/mol. The summed E-state index contributed by atoms with van der Waals surface area (Å²) in [6, 6.07) is 20.1. The van der Waals surface area contributed by atoms with E-state index in [0.717, 1.165) is 120 Å². The molecule has 2 N–H and O–H groups in total. The molecular formula is C43H52ClN9O3. The summed E-state index contributed by atoms with van der Waals surface area (Å²) in [5, 5.41) is 15.5. The van der Waals surface area contributed by atoms with Gasteiger partial charge in [-0.2, -0.15) is 5.26 Å². The van der Waals surface area contributed by atoms with Crippen LogP contribution in [0.15, 0.2) is 60.8 Å². The fourth-order valence-electron chi connectivity index (χ4n) is 9.59. The van der Waals surface area contributed by atoms with E-state index in [1.807, 2.05) is 47.4 Å². The van der Waals surface area contributed by atoms with Gasteiger partial charge in [0.15, 0.2) is 0 Å². The van der Waals surface area contributed by atoms with Gasteiger partial charge in [0, 0.05) is 101 Å². The molecule has 294 valence electrons. The van der Waals surface area contributed by atoms with Crippen LogP contribution in [-0.4, -0.2) is 110 Å². The second-order valence-corrected chi connectivity index (χ2v) is 17.0. The molecule has 8 rings (SSSR count). The predicted octanol–water partition coefficient (Wildman–Crippen LogP) is 5.38. The number of nitriles is 1. The normalized spacial score (nSPS) is 23.3. The highest BCUT2D eigenvalue weighted by molar-refractivity contribution is 6.32. The first-order valence-electron chi connectivity index (χ1n) is 20.3. The monoisotopic (exact) mass is 777 g/mol. The Morgan fingerprint density at radius 1 is 0.946 bits per heavy atom. The molecule has 1 spiro atoms. The molecule has 13 heteroatoms. The highest BCUT2D eigenvalue weighted by Crippen LogP contribution is 2.46. The molecule has 1 aromatic heterocycles. The van der Waals surface area contributed by atoms with Crippen LogP contribution in [0, 0.1) is 22.7 Å². The van der Waals surface area contributed by atoms with E-state index in [1.54, 1.807) is 6.20 Å². The van der Waals surface area contributed by atoms with Crippen molar-refractivity contribution < 1.29 is 14.4 Å². The Bertz CT molecular complexity index is 1960. The summed E-state index contributed by atoms with van der Waals surface area (Å²) in [7, 11) is 0. The van der Waals surface area contributed by atoms with Gasteiger partial charge in [-0.05, 0) is 105 Å². The van der Waals surface area contributed by atoms with Crippen LogP contribution in [0.4, 0.5) is 22.9 Å². The van der Waals surface area contributed by atoms with E-state index in [0.29, 0.717) is 41.0 Å². The molecule has 5 fully saturated rings. The molecule has 5 aliphatic heterocycles. The van der Waals surface area contributed by atoms with Gasteiger partial charge in [-0.3, -0.25) is 24.6 Å². The lowest BCUT2D eigenvalue weighted by Gasteiger charge is -2.40. The van der Waals surface area contributed by atoms with Crippen molar-refractivity contribution >= 4 is 52.2 Å². The first kappa shape index (κ1) is 38.0. The van der Waals surface area contributed by atoms with Crippen molar-refractivity contribution in [2.24, 2.45) is 11.3 Å². The zero-order valence-corrected chi connectivity index (χ0v) is 33.0. The topological polar surface area (TPSA) is 128 Å². The highest BCUT2D eigenvalue weighted by atomic mass is 35.5. The molecule has 56 heavy (non-hydrogen) atoms. The Morgan fingerprint density at radius 3 is 2.43 bits per heavy atom. The van der Waals surface area contributed by atoms with Gasteiger partial charge in [0.1, 0.15) is 17.9 Å². The zero-order valence-electron chi connectivity index (χ0n) is 32.3. The van der Waals surface area contributed by atoms with E-state index in [2.05, 4.69) is 55.4 Å². The minimum absolute atomic E-state index is 0.0750. The van der Waals surface area contributed by atoms with Crippen LogP contribution >= 0.6 is 11.6 Å². The molecule has 5 saturated heterocycles. The number of piperazine rings is 1. The Hall–Kier alpha value is -4.86. The summed E-state index contributed by atoms with van der Waals surface area (Å²) < 4.78 is 0. The maximum absolute atomic E-state index is 13.5. The lowest BCUT2D eigenvalue weighted by atomic mass is 9.77. The van der Waals surface area contributed by atoms with E-state index in [9.17, 15) is 19.6 Å². The largest absolute Gasteiger partial charge is 0.374 e. The molecule has 12 nitrogen and oxygen atoms in total. The summed E-state index contributed by atoms with van der Waals surface area (Å²) in [6.07, 6.45) is 7.96. The molecule has 2 aromatic carbocycles. The van der Waals surface area contributed by atoms with Crippen LogP contribution in [0.2, 0.25) is 5.02 Å². The molecule has 0 radical (unpaired) electrons. The smallest absolute Gasteiger partial charge is 0.255 e. The fourth-order valence-corrected chi connectivity index (χ4v) is 9.81. The average Bonchev–Trinajstić information content (AvgIpc) is 3.54. The second kappa shape index (κ2) is 16.3. The maximum Gasteiger partial charge on any atom is 0.255 e. The first-order valence-corrected chi connectivity index (χ1v) is 20.7. The van der Waals surface area contributed by atoms with Crippen LogP contribution < -0.4 is 25.3 Å². The van der Waals surface area contributed by atoms with Gasteiger partial charge in [0.25, 0.3) is 5.91 Å². The molecule has 6 heterocycles. The third-order valence-electron chi connectivity index (χ3n) is 12.9. The lowest BCUT2D eigenvalue weighted by Crippen LogP contribution is -2.49. The predicted molar refractivity (Wildman–Crippen MR) is 219 cm³/mol. The standard InChI is InChI=1S/C43H52ClN9O3/c1-30-25-43(29-53(30)36-7-5-32(26-45)37(44)24-36)13-17-51(18-14-43)39-9-6-33(27-46-39)42(56)52-15-11-31(12-16-52)28-49-19-21-50(22-20-49)35-4-2-3-34(23-35)47-38-8-10-40(54)48-41(38)55/h2-7,9,23-24,27,30-31,38,47H,8,10-22,25,28-29H2,1H3,(H,48,54,55)/t30-,38?/m1/s1. The summed E-state index contributed by atoms with van der Waals surface area (Å²) in [5.74, 6) is 1.12. The molecule has 2 atom stereocenters. The minimum atomic E-state index is -0.392. The third kappa shape index (κ3) is 8.30. The van der Waals surface area contributed by atoms with Gasteiger partial charge in [-0.25, -0.2) is 4.98 Å².